The van der Waals surface area contributed by atoms with Gasteiger partial charge in [-0.05, 0) is 44.9 Å². The van der Waals surface area contributed by atoms with Gasteiger partial charge >= 0.3 is 0 Å². The lowest BCUT2D eigenvalue weighted by atomic mass is 10.1. The van der Waals surface area contributed by atoms with Gasteiger partial charge in [-0.3, -0.25) is 9.36 Å². The number of thiazole rings is 1. The van der Waals surface area contributed by atoms with Crippen LogP contribution in [0.2, 0.25) is 0 Å². The number of amides is 1. The van der Waals surface area contributed by atoms with E-state index in [0.717, 1.165) is 22.1 Å². The number of sulfonamides is 1. The van der Waals surface area contributed by atoms with E-state index in [4.69, 9.17) is 0 Å². The number of benzene rings is 1. The Balaban J connectivity index is 1.76. The molecule has 1 aromatic carbocycles. The molecule has 2 N–H and O–H groups in total. The van der Waals surface area contributed by atoms with Crippen molar-refractivity contribution in [2.24, 2.45) is 0 Å². The van der Waals surface area contributed by atoms with Crippen molar-refractivity contribution in [1.82, 2.24) is 19.6 Å². The molecule has 0 saturated heterocycles. The maximum atomic E-state index is 12.8. The summed E-state index contributed by atoms with van der Waals surface area (Å²) in [6, 6.07) is 8.91. The van der Waals surface area contributed by atoms with Gasteiger partial charge in [0.25, 0.3) is 5.91 Å². The van der Waals surface area contributed by atoms with E-state index in [9.17, 15) is 13.2 Å². The lowest BCUT2D eigenvalue weighted by Gasteiger charge is -2.13. The van der Waals surface area contributed by atoms with Gasteiger partial charge in [-0.1, -0.05) is 24.3 Å². The molecule has 0 aliphatic rings. The van der Waals surface area contributed by atoms with Crippen molar-refractivity contribution in [2.45, 2.75) is 46.0 Å². The van der Waals surface area contributed by atoms with E-state index in [-0.39, 0.29) is 24.2 Å². The van der Waals surface area contributed by atoms with Gasteiger partial charge in [-0.25, -0.2) is 18.1 Å². The summed E-state index contributed by atoms with van der Waals surface area (Å²) in [5, 5.41) is 5.64. The Morgan fingerprint density at radius 1 is 1.20 bits per heavy atom. The summed E-state index contributed by atoms with van der Waals surface area (Å²) >= 11 is 1.51. The number of carbonyl (C=O) groups is 1. The van der Waals surface area contributed by atoms with Crippen molar-refractivity contribution < 1.29 is 13.2 Å². The third-order valence-corrected chi connectivity index (χ3v) is 6.88. The van der Waals surface area contributed by atoms with Gasteiger partial charge in [0, 0.05) is 35.6 Å². The Hall–Kier alpha value is -2.49. The van der Waals surface area contributed by atoms with Crippen LogP contribution in [-0.4, -0.2) is 29.9 Å². The smallest absolute Gasteiger partial charge is 0.253 e. The molecule has 0 fully saturated rings. The predicted molar refractivity (Wildman–Crippen MR) is 119 cm³/mol. The van der Waals surface area contributed by atoms with Gasteiger partial charge < -0.3 is 5.32 Å². The summed E-state index contributed by atoms with van der Waals surface area (Å²) in [5.41, 5.74) is 3.76. The molecule has 0 aliphatic heterocycles. The number of aromatic nitrogens is 2. The second-order valence-corrected chi connectivity index (χ2v) is 10.0. The van der Waals surface area contributed by atoms with E-state index in [2.05, 4.69) is 15.0 Å². The van der Waals surface area contributed by atoms with Crippen LogP contribution in [0.15, 0.2) is 41.9 Å². The molecule has 0 atom stereocenters. The number of nitrogens with zero attached hydrogens (tertiary/aromatic N) is 2. The average Bonchev–Trinajstić information content (AvgIpc) is 3.27. The fraction of sp³-hybridized carbons (Fsp3) is 0.333. The third-order valence-electron chi connectivity index (χ3n) is 4.60. The maximum absolute atomic E-state index is 12.8. The van der Waals surface area contributed by atoms with E-state index >= 15 is 0 Å². The second-order valence-electron chi connectivity index (χ2n) is 7.42. The molecule has 0 spiro atoms. The molecule has 3 aromatic rings. The topological polar surface area (TPSA) is 93.1 Å². The van der Waals surface area contributed by atoms with Crippen LogP contribution in [0.1, 0.15) is 46.7 Å². The quantitative estimate of drug-likeness (QED) is 0.555. The van der Waals surface area contributed by atoms with E-state index in [1.54, 1.807) is 32.2 Å². The molecule has 0 unspecified atom stereocenters. The minimum Gasteiger partial charge on any atom is -0.348 e. The Morgan fingerprint density at radius 2 is 1.90 bits per heavy atom. The maximum Gasteiger partial charge on any atom is 0.253 e. The van der Waals surface area contributed by atoms with Gasteiger partial charge in [0.1, 0.15) is 0 Å². The number of nitrogens with one attached hydrogen (secondary N) is 2. The van der Waals surface area contributed by atoms with E-state index < -0.39 is 10.0 Å². The number of rotatable bonds is 8. The zero-order chi connectivity index (χ0) is 21.9. The lowest BCUT2D eigenvalue weighted by molar-refractivity contribution is 0.0950. The van der Waals surface area contributed by atoms with E-state index in [1.807, 2.05) is 42.0 Å². The van der Waals surface area contributed by atoms with Crippen molar-refractivity contribution in [2.75, 3.05) is 0 Å². The van der Waals surface area contributed by atoms with Gasteiger partial charge in [0.15, 0.2) is 5.13 Å². The van der Waals surface area contributed by atoms with Crippen LogP contribution in [0.3, 0.4) is 0 Å². The van der Waals surface area contributed by atoms with Crippen molar-refractivity contribution in [3.05, 3.63) is 70.0 Å². The minimum atomic E-state index is -3.45. The first kappa shape index (κ1) is 22.2. The number of hydrogen-bond donors (Lipinski definition) is 2. The van der Waals surface area contributed by atoms with Crippen molar-refractivity contribution >= 4 is 27.3 Å². The molecule has 9 heteroatoms. The van der Waals surface area contributed by atoms with Crippen LogP contribution in [-0.2, 0) is 22.3 Å². The van der Waals surface area contributed by atoms with Crippen LogP contribution in [0.25, 0.3) is 5.13 Å². The predicted octanol–water partition coefficient (Wildman–Crippen LogP) is 3.31. The molecular formula is C21H26N4O3S2. The van der Waals surface area contributed by atoms with Crippen LogP contribution >= 0.6 is 11.3 Å². The fourth-order valence-corrected chi connectivity index (χ4v) is 5.60. The van der Waals surface area contributed by atoms with Crippen LogP contribution in [0, 0.1) is 13.8 Å². The average molecular weight is 447 g/mol. The van der Waals surface area contributed by atoms with Gasteiger partial charge in [0.05, 0.1) is 11.3 Å². The fourth-order valence-electron chi connectivity index (χ4n) is 3.36. The summed E-state index contributed by atoms with van der Waals surface area (Å²) in [6.07, 6.45) is 1.73. The highest BCUT2D eigenvalue weighted by Crippen LogP contribution is 2.22. The van der Waals surface area contributed by atoms with Gasteiger partial charge in [-0.15, -0.1) is 11.3 Å². The Bertz CT molecular complexity index is 1130. The standard InChI is InChI=1S/C21H26N4O3S2/c1-14(2)24-30(27,28)13-18-8-6-5-7-17(18)12-23-20(26)19-11-15(3)25(16(19)4)21-22-9-10-29-21/h5-11,14,24H,12-13H2,1-4H3,(H,23,26). The first-order valence-electron chi connectivity index (χ1n) is 9.61. The van der Waals surface area contributed by atoms with E-state index in [1.165, 1.54) is 11.3 Å². The summed E-state index contributed by atoms with van der Waals surface area (Å²) in [5.74, 6) is -0.334. The minimum absolute atomic E-state index is 0.129. The van der Waals surface area contributed by atoms with Gasteiger partial charge in [-0.2, -0.15) is 0 Å². The molecule has 0 bridgehead atoms. The molecule has 2 aromatic heterocycles. The summed E-state index contributed by atoms with van der Waals surface area (Å²) in [7, 11) is -3.45. The Morgan fingerprint density at radius 3 is 2.53 bits per heavy atom. The zero-order valence-corrected chi connectivity index (χ0v) is 19.1. The number of hydrogen-bond acceptors (Lipinski definition) is 5. The molecule has 7 nitrogen and oxygen atoms in total. The largest absolute Gasteiger partial charge is 0.348 e. The molecule has 0 saturated carbocycles. The van der Waals surface area contributed by atoms with Crippen molar-refractivity contribution in [3.8, 4) is 5.13 Å². The van der Waals surface area contributed by atoms with Crippen molar-refractivity contribution in [3.63, 3.8) is 0 Å². The molecule has 160 valence electrons. The van der Waals surface area contributed by atoms with Gasteiger partial charge in [0.2, 0.25) is 10.0 Å². The van der Waals surface area contributed by atoms with Crippen LogP contribution in [0.5, 0.6) is 0 Å². The molecule has 1 amide bonds. The zero-order valence-electron chi connectivity index (χ0n) is 17.5. The SMILES string of the molecule is Cc1cc(C(=O)NCc2ccccc2CS(=O)(=O)NC(C)C)c(C)n1-c1nccs1. The summed E-state index contributed by atoms with van der Waals surface area (Å²) < 4.78 is 29.2. The lowest BCUT2D eigenvalue weighted by Crippen LogP contribution is -2.32. The van der Waals surface area contributed by atoms with E-state index in [0.29, 0.717) is 11.1 Å². The highest BCUT2D eigenvalue weighted by molar-refractivity contribution is 7.88. The molecule has 30 heavy (non-hydrogen) atoms. The third kappa shape index (κ3) is 5.16. The summed E-state index contributed by atoms with van der Waals surface area (Å²) in [4.78, 5) is 17.2. The van der Waals surface area contributed by atoms with Crippen molar-refractivity contribution in [1.29, 1.82) is 0 Å². The first-order valence-corrected chi connectivity index (χ1v) is 12.1. The molecule has 3 rings (SSSR count). The Kier molecular flexibility index (Phi) is 6.74. The highest BCUT2D eigenvalue weighted by atomic mass is 32.2. The molecule has 2 heterocycles. The number of carbonyl (C=O) groups excluding carboxylic acids is 1. The molecule has 0 aliphatic carbocycles. The molecular weight excluding hydrogens is 420 g/mol. The highest BCUT2D eigenvalue weighted by Gasteiger charge is 2.19. The molecule has 0 radical (unpaired) electrons. The summed E-state index contributed by atoms with van der Waals surface area (Å²) in [6.45, 7) is 7.64. The normalized spacial score (nSPS) is 11.8. The Labute approximate surface area is 181 Å². The van der Waals surface area contributed by atoms with Crippen LogP contribution < -0.4 is 10.0 Å². The number of aryl methyl sites for hydroxylation is 1. The second kappa shape index (κ2) is 9.11. The first-order chi connectivity index (χ1) is 14.2. The van der Waals surface area contributed by atoms with Crippen LogP contribution in [0.4, 0.5) is 0 Å². The monoisotopic (exact) mass is 446 g/mol.